The van der Waals surface area contributed by atoms with Gasteiger partial charge in [-0.25, -0.2) is 0 Å². The highest BCUT2D eigenvalue weighted by Crippen LogP contribution is 2.15. The van der Waals surface area contributed by atoms with Gasteiger partial charge in [0.15, 0.2) is 0 Å². The van der Waals surface area contributed by atoms with Gasteiger partial charge in [0, 0.05) is 35.4 Å². The predicted octanol–water partition coefficient (Wildman–Crippen LogP) is 2.27. The lowest BCUT2D eigenvalue weighted by Gasteiger charge is -2.06. The highest BCUT2D eigenvalue weighted by atomic mass is 16.3. The van der Waals surface area contributed by atoms with Crippen LogP contribution in [-0.4, -0.2) is 21.2 Å². The van der Waals surface area contributed by atoms with Crippen molar-refractivity contribution in [1.82, 2.24) is 9.97 Å². The SMILES string of the molecule is CCCC(O)Cc1cc2cnccc2[nH]1. The molecule has 1 unspecified atom stereocenters. The Morgan fingerprint density at radius 2 is 2.40 bits per heavy atom. The molecule has 0 fully saturated rings. The molecular formula is C12H16N2O. The van der Waals surface area contributed by atoms with Crippen LogP contribution in [0.15, 0.2) is 24.5 Å². The summed E-state index contributed by atoms with van der Waals surface area (Å²) in [5.41, 5.74) is 2.17. The number of aromatic amines is 1. The first-order valence-electron chi connectivity index (χ1n) is 5.39. The highest BCUT2D eigenvalue weighted by Gasteiger charge is 2.06. The molecule has 3 nitrogen and oxygen atoms in total. The number of pyridine rings is 1. The van der Waals surface area contributed by atoms with E-state index >= 15 is 0 Å². The van der Waals surface area contributed by atoms with Crippen LogP contribution in [0.5, 0.6) is 0 Å². The molecule has 2 aromatic rings. The highest BCUT2D eigenvalue weighted by molar-refractivity contribution is 5.79. The van der Waals surface area contributed by atoms with E-state index < -0.39 is 0 Å². The third-order valence-corrected chi connectivity index (χ3v) is 2.55. The normalized spacial score (nSPS) is 13.2. The number of rotatable bonds is 4. The number of nitrogens with one attached hydrogen (secondary N) is 1. The zero-order valence-electron chi connectivity index (χ0n) is 8.90. The molecule has 0 saturated heterocycles. The van der Waals surface area contributed by atoms with Gasteiger partial charge < -0.3 is 10.1 Å². The third-order valence-electron chi connectivity index (χ3n) is 2.55. The van der Waals surface area contributed by atoms with Gasteiger partial charge in [-0.15, -0.1) is 0 Å². The van der Waals surface area contributed by atoms with E-state index in [2.05, 4.69) is 23.0 Å². The van der Waals surface area contributed by atoms with Crippen LogP contribution >= 0.6 is 0 Å². The second-order valence-corrected chi connectivity index (χ2v) is 3.90. The van der Waals surface area contributed by atoms with E-state index in [0.29, 0.717) is 6.42 Å². The summed E-state index contributed by atoms with van der Waals surface area (Å²) >= 11 is 0. The lowest BCUT2D eigenvalue weighted by molar-refractivity contribution is 0.163. The molecule has 2 aromatic heterocycles. The van der Waals surface area contributed by atoms with Crippen molar-refractivity contribution in [3.8, 4) is 0 Å². The van der Waals surface area contributed by atoms with E-state index in [9.17, 15) is 5.11 Å². The van der Waals surface area contributed by atoms with Gasteiger partial charge in [0.2, 0.25) is 0 Å². The van der Waals surface area contributed by atoms with Gasteiger partial charge in [0.05, 0.1) is 6.10 Å². The first kappa shape index (κ1) is 10.2. The van der Waals surface area contributed by atoms with Crippen molar-refractivity contribution >= 4 is 10.9 Å². The fourth-order valence-electron chi connectivity index (χ4n) is 1.83. The van der Waals surface area contributed by atoms with Gasteiger partial charge in [-0.05, 0) is 18.6 Å². The minimum absolute atomic E-state index is 0.240. The molecule has 80 valence electrons. The van der Waals surface area contributed by atoms with Gasteiger partial charge >= 0.3 is 0 Å². The van der Waals surface area contributed by atoms with Crippen molar-refractivity contribution in [2.45, 2.75) is 32.3 Å². The molecule has 0 aromatic carbocycles. The van der Waals surface area contributed by atoms with E-state index in [-0.39, 0.29) is 6.10 Å². The van der Waals surface area contributed by atoms with Gasteiger partial charge in [0.25, 0.3) is 0 Å². The third kappa shape index (κ3) is 2.36. The van der Waals surface area contributed by atoms with Crippen LogP contribution in [0.25, 0.3) is 10.9 Å². The predicted molar refractivity (Wildman–Crippen MR) is 60.7 cm³/mol. The summed E-state index contributed by atoms with van der Waals surface area (Å²) < 4.78 is 0. The summed E-state index contributed by atoms with van der Waals surface area (Å²) in [7, 11) is 0. The van der Waals surface area contributed by atoms with Crippen LogP contribution in [0.4, 0.5) is 0 Å². The maximum Gasteiger partial charge on any atom is 0.0594 e. The summed E-state index contributed by atoms with van der Waals surface area (Å²) in [4.78, 5) is 7.34. The number of aliphatic hydroxyl groups excluding tert-OH is 1. The molecule has 0 bridgehead atoms. The largest absolute Gasteiger partial charge is 0.393 e. The van der Waals surface area contributed by atoms with E-state index in [0.717, 1.165) is 29.4 Å². The number of nitrogens with zero attached hydrogens (tertiary/aromatic N) is 1. The zero-order chi connectivity index (χ0) is 10.7. The Balaban J connectivity index is 2.15. The monoisotopic (exact) mass is 204 g/mol. The van der Waals surface area contributed by atoms with Crippen molar-refractivity contribution in [3.63, 3.8) is 0 Å². The van der Waals surface area contributed by atoms with Crippen LogP contribution in [0, 0.1) is 0 Å². The average molecular weight is 204 g/mol. The Bertz CT molecular complexity index is 403. The summed E-state index contributed by atoms with van der Waals surface area (Å²) in [6, 6.07) is 4.01. The van der Waals surface area contributed by atoms with Crippen molar-refractivity contribution in [2.75, 3.05) is 0 Å². The minimum Gasteiger partial charge on any atom is -0.393 e. The molecule has 0 saturated carbocycles. The molecule has 0 aliphatic rings. The van der Waals surface area contributed by atoms with Crippen LogP contribution in [0.1, 0.15) is 25.5 Å². The number of hydrogen-bond donors (Lipinski definition) is 2. The zero-order valence-corrected chi connectivity index (χ0v) is 8.90. The summed E-state index contributed by atoms with van der Waals surface area (Å²) in [6.07, 6.45) is 5.93. The van der Waals surface area contributed by atoms with Gasteiger partial charge in [-0.3, -0.25) is 4.98 Å². The number of aliphatic hydroxyl groups is 1. The van der Waals surface area contributed by atoms with Gasteiger partial charge in [-0.1, -0.05) is 13.3 Å². The topological polar surface area (TPSA) is 48.9 Å². The van der Waals surface area contributed by atoms with E-state index in [1.165, 1.54) is 0 Å². The Morgan fingerprint density at radius 1 is 1.53 bits per heavy atom. The number of hydrogen-bond acceptors (Lipinski definition) is 2. The molecule has 0 spiro atoms. The van der Waals surface area contributed by atoms with Crippen LogP contribution in [0.3, 0.4) is 0 Å². The van der Waals surface area contributed by atoms with Crippen LogP contribution in [0.2, 0.25) is 0 Å². The average Bonchev–Trinajstić information content (AvgIpc) is 2.59. The summed E-state index contributed by atoms with van der Waals surface area (Å²) in [5.74, 6) is 0. The molecule has 2 heterocycles. The molecule has 2 N–H and O–H groups in total. The van der Waals surface area contributed by atoms with E-state index in [1.807, 2.05) is 12.3 Å². The van der Waals surface area contributed by atoms with Gasteiger partial charge in [0.1, 0.15) is 0 Å². The maximum absolute atomic E-state index is 9.69. The first-order chi connectivity index (χ1) is 7.29. The Morgan fingerprint density at radius 3 is 3.13 bits per heavy atom. The fourth-order valence-corrected chi connectivity index (χ4v) is 1.83. The van der Waals surface area contributed by atoms with Crippen molar-refractivity contribution in [2.24, 2.45) is 0 Å². The van der Waals surface area contributed by atoms with E-state index in [1.54, 1.807) is 6.20 Å². The Hall–Kier alpha value is -1.35. The second-order valence-electron chi connectivity index (χ2n) is 3.90. The second kappa shape index (κ2) is 4.45. The molecule has 15 heavy (non-hydrogen) atoms. The van der Waals surface area contributed by atoms with Gasteiger partial charge in [-0.2, -0.15) is 0 Å². The van der Waals surface area contributed by atoms with Crippen molar-refractivity contribution in [3.05, 3.63) is 30.2 Å². The van der Waals surface area contributed by atoms with Crippen molar-refractivity contribution < 1.29 is 5.11 Å². The molecule has 0 aliphatic carbocycles. The van der Waals surface area contributed by atoms with Crippen LogP contribution in [-0.2, 0) is 6.42 Å². The fraction of sp³-hybridized carbons (Fsp3) is 0.417. The van der Waals surface area contributed by atoms with Crippen molar-refractivity contribution in [1.29, 1.82) is 0 Å². The molecule has 1 atom stereocenters. The number of H-pyrrole nitrogens is 1. The number of fused-ring (bicyclic) bond motifs is 1. The lowest BCUT2D eigenvalue weighted by Crippen LogP contribution is -2.09. The standard InChI is InChI=1S/C12H16N2O/c1-2-3-11(15)7-10-6-9-8-13-5-4-12(9)14-10/h4-6,8,11,14-15H,2-3,7H2,1H3. The molecule has 2 rings (SSSR count). The molecule has 3 heteroatoms. The quantitative estimate of drug-likeness (QED) is 0.802. The minimum atomic E-state index is -0.240. The lowest BCUT2D eigenvalue weighted by atomic mass is 10.1. The summed E-state index contributed by atoms with van der Waals surface area (Å²) in [6.45, 7) is 2.08. The Labute approximate surface area is 89.2 Å². The molecule has 0 radical (unpaired) electrons. The number of aromatic nitrogens is 2. The first-order valence-corrected chi connectivity index (χ1v) is 5.39. The van der Waals surface area contributed by atoms with E-state index in [4.69, 9.17) is 0 Å². The molecule has 0 aliphatic heterocycles. The van der Waals surface area contributed by atoms with Crippen LogP contribution < -0.4 is 0 Å². The molecule has 0 amide bonds. The smallest absolute Gasteiger partial charge is 0.0594 e. The Kier molecular flexibility index (Phi) is 3.02. The molecular weight excluding hydrogens is 188 g/mol. The summed E-state index contributed by atoms with van der Waals surface area (Å²) in [5, 5.41) is 10.8. The maximum atomic E-state index is 9.69.